The van der Waals surface area contributed by atoms with Crippen LogP contribution in [0.3, 0.4) is 0 Å². The van der Waals surface area contributed by atoms with Crippen molar-refractivity contribution in [2.45, 2.75) is 40.0 Å². The molecule has 0 aliphatic carbocycles. The van der Waals surface area contributed by atoms with Crippen molar-refractivity contribution in [1.29, 1.82) is 0 Å². The molecule has 5 nitrogen and oxygen atoms in total. The van der Waals surface area contributed by atoms with Gasteiger partial charge in [0.25, 0.3) is 5.91 Å². The average Bonchev–Trinajstić information content (AvgIpc) is 2.72. The van der Waals surface area contributed by atoms with Crippen LogP contribution in [0.1, 0.15) is 50.5 Å². The molecule has 1 aromatic rings. The molecule has 2 heterocycles. The minimum atomic E-state index is -0.000266. The maximum atomic E-state index is 12.5. The van der Waals surface area contributed by atoms with E-state index in [-0.39, 0.29) is 5.91 Å². The monoisotopic (exact) mass is 290 g/mol. The Balaban J connectivity index is 2.02. The maximum absolute atomic E-state index is 12.5. The van der Waals surface area contributed by atoms with Crippen LogP contribution >= 0.6 is 0 Å². The van der Waals surface area contributed by atoms with E-state index >= 15 is 0 Å². The molecule has 0 bridgehead atoms. The van der Waals surface area contributed by atoms with Gasteiger partial charge in [0.15, 0.2) is 0 Å². The summed E-state index contributed by atoms with van der Waals surface area (Å²) in [5, 5.41) is 2.91. The second-order valence-electron chi connectivity index (χ2n) is 6.82. The number of carbonyl (C=O) groups excluding carboxylic acids is 1. The summed E-state index contributed by atoms with van der Waals surface area (Å²) in [7, 11) is 1.78. The molecule has 1 atom stereocenters. The molecule has 1 fully saturated rings. The predicted octanol–water partition coefficient (Wildman–Crippen LogP) is 2.81. The van der Waals surface area contributed by atoms with Gasteiger partial charge in [0.2, 0.25) is 0 Å². The molecule has 1 aliphatic heterocycles. The third-order valence-corrected chi connectivity index (χ3v) is 4.37. The number of hydrogen-bond acceptors (Lipinski definition) is 4. The van der Waals surface area contributed by atoms with Gasteiger partial charge in [0, 0.05) is 20.1 Å². The Kier molecular flexibility index (Phi) is 4.80. The van der Waals surface area contributed by atoms with Crippen LogP contribution in [0.25, 0.3) is 0 Å². The zero-order valence-electron chi connectivity index (χ0n) is 13.5. The van der Waals surface area contributed by atoms with Crippen molar-refractivity contribution >= 4 is 11.7 Å². The van der Waals surface area contributed by atoms with Gasteiger partial charge < -0.3 is 10.2 Å². The molecule has 1 unspecified atom stereocenters. The summed E-state index contributed by atoms with van der Waals surface area (Å²) in [5.41, 5.74) is 0.746. The van der Waals surface area contributed by atoms with Crippen molar-refractivity contribution in [2.75, 3.05) is 25.5 Å². The van der Waals surface area contributed by atoms with Crippen LogP contribution in [0.5, 0.6) is 0 Å². The Morgan fingerprint density at radius 3 is 2.57 bits per heavy atom. The second kappa shape index (κ2) is 6.41. The van der Waals surface area contributed by atoms with Crippen LogP contribution in [-0.4, -0.2) is 40.9 Å². The first kappa shape index (κ1) is 15.7. The van der Waals surface area contributed by atoms with E-state index in [4.69, 9.17) is 0 Å². The fourth-order valence-corrected chi connectivity index (χ4v) is 2.90. The van der Waals surface area contributed by atoms with Crippen molar-refractivity contribution < 1.29 is 4.79 Å². The van der Waals surface area contributed by atoms with Crippen molar-refractivity contribution in [3.63, 3.8) is 0 Å². The van der Waals surface area contributed by atoms with E-state index in [2.05, 4.69) is 36.1 Å². The van der Waals surface area contributed by atoms with Gasteiger partial charge in [-0.3, -0.25) is 4.79 Å². The predicted molar refractivity (Wildman–Crippen MR) is 84.3 cm³/mol. The first-order valence-corrected chi connectivity index (χ1v) is 7.71. The largest absolute Gasteiger partial charge is 0.372 e. The van der Waals surface area contributed by atoms with Gasteiger partial charge in [-0.25, -0.2) is 9.97 Å². The first-order chi connectivity index (χ1) is 9.91. The Morgan fingerprint density at radius 2 is 2.00 bits per heavy atom. The SMILES string of the molecule is CNc1cnc(C(=O)N2CCCC(C(C)(C)C)CC2)cn1. The Bertz CT molecular complexity index is 478. The lowest BCUT2D eigenvalue weighted by Gasteiger charge is -2.29. The number of aromatic nitrogens is 2. The normalized spacial score (nSPS) is 20.0. The fourth-order valence-electron chi connectivity index (χ4n) is 2.90. The number of nitrogens with one attached hydrogen (secondary N) is 1. The summed E-state index contributed by atoms with van der Waals surface area (Å²) in [6.45, 7) is 8.50. The zero-order valence-corrected chi connectivity index (χ0v) is 13.5. The second-order valence-corrected chi connectivity index (χ2v) is 6.82. The molecule has 1 aromatic heterocycles. The molecule has 0 saturated carbocycles. The van der Waals surface area contributed by atoms with E-state index in [9.17, 15) is 4.79 Å². The van der Waals surface area contributed by atoms with Gasteiger partial charge in [-0.05, 0) is 30.6 Å². The van der Waals surface area contributed by atoms with Gasteiger partial charge in [0.05, 0.1) is 12.4 Å². The number of rotatable bonds is 2. The van der Waals surface area contributed by atoms with Crippen LogP contribution in [0.4, 0.5) is 5.82 Å². The summed E-state index contributed by atoms with van der Waals surface area (Å²) in [6, 6.07) is 0. The van der Waals surface area contributed by atoms with Crippen LogP contribution in [-0.2, 0) is 0 Å². The summed E-state index contributed by atoms with van der Waals surface area (Å²) in [6.07, 6.45) is 6.48. The third kappa shape index (κ3) is 3.93. The molecule has 2 rings (SSSR count). The molecule has 0 radical (unpaired) electrons. The van der Waals surface area contributed by atoms with Crippen molar-refractivity contribution in [3.8, 4) is 0 Å². The topological polar surface area (TPSA) is 58.1 Å². The van der Waals surface area contributed by atoms with E-state index in [1.165, 1.54) is 6.42 Å². The quantitative estimate of drug-likeness (QED) is 0.910. The van der Waals surface area contributed by atoms with E-state index in [1.807, 2.05) is 4.90 Å². The molecule has 116 valence electrons. The van der Waals surface area contributed by atoms with Crippen LogP contribution < -0.4 is 5.32 Å². The number of hydrogen-bond donors (Lipinski definition) is 1. The highest BCUT2D eigenvalue weighted by Crippen LogP contribution is 2.34. The molecule has 1 amide bonds. The number of nitrogens with zero attached hydrogens (tertiary/aromatic N) is 3. The summed E-state index contributed by atoms with van der Waals surface area (Å²) < 4.78 is 0. The molecule has 21 heavy (non-hydrogen) atoms. The van der Waals surface area contributed by atoms with Crippen molar-refractivity contribution in [1.82, 2.24) is 14.9 Å². The number of likely N-dealkylation sites (tertiary alicyclic amines) is 1. The van der Waals surface area contributed by atoms with Gasteiger partial charge in [-0.2, -0.15) is 0 Å². The standard InChI is InChI=1S/C16H26N4O/c1-16(2,3)12-6-5-8-20(9-7-12)15(21)13-10-19-14(17-4)11-18-13/h10-12H,5-9H2,1-4H3,(H,17,19). The summed E-state index contributed by atoms with van der Waals surface area (Å²) in [4.78, 5) is 22.8. The molecule has 0 aromatic carbocycles. The van der Waals surface area contributed by atoms with Crippen LogP contribution in [0.2, 0.25) is 0 Å². The van der Waals surface area contributed by atoms with Crippen molar-refractivity contribution in [3.05, 3.63) is 18.1 Å². The van der Waals surface area contributed by atoms with Gasteiger partial charge in [0.1, 0.15) is 11.5 Å². The Morgan fingerprint density at radius 1 is 1.24 bits per heavy atom. The minimum absolute atomic E-state index is 0.000266. The summed E-state index contributed by atoms with van der Waals surface area (Å²) in [5.74, 6) is 1.35. The number of anilines is 1. The van der Waals surface area contributed by atoms with E-state index in [0.717, 1.165) is 25.9 Å². The van der Waals surface area contributed by atoms with Gasteiger partial charge >= 0.3 is 0 Å². The highest BCUT2D eigenvalue weighted by molar-refractivity contribution is 5.92. The van der Waals surface area contributed by atoms with Crippen LogP contribution in [0, 0.1) is 11.3 Å². The lowest BCUT2D eigenvalue weighted by atomic mass is 9.77. The molecular formula is C16H26N4O. The zero-order chi connectivity index (χ0) is 15.5. The van der Waals surface area contributed by atoms with Crippen molar-refractivity contribution in [2.24, 2.45) is 11.3 Å². The highest BCUT2D eigenvalue weighted by Gasteiger charge is 2.29. The smallest absolute Gasteiger partial charge is 0.274 e. The molecule has 0 spiro atoms. The fraction of sp³-hybridized carbons (Fsp3) is 0.688. The minimum Gasteiger partial charge on any atom is -0.372 e. The molecule has 1 N–H and O–H groups in total. The summed E-state index contributed by atoms with van der Waals surface area (Å²) >= 11 is 0. The number of carbonyl (C=O) groups is 1. The highest BCUT2D eigenvalue weighted by atomic mass is 16.2. The maximum Gasteiger partial charge on any atom is 0.274 e. The van der Waals surface area contributed by atoms with E-state index in [1.54, 1.807) is 19.4 Å². The Hall–Kier alpha value is -1.65. The van der Waals surface area contributed by atoms with E-state index < -0.39 is 0 Å². The van der Waals surface area contributed by atoms with Crippen LogP contribution in [0.15, 0.2) is 12.4 Å². The molecule has 5 heteroatoms. The van der Waals surface area contributed by atoms with Gasteiger partial charge in [-0.1, -0.05) is 20.8 Å². The number of amides is 1. The molecule has 1 aliphatic rings. The Labute approximate surface area is 127 Å². The lowest BCUT2D eigenvalue weighted by molar-refractivity contribution is 0.0749. The first-order valence-electron chi connectivity index (χ1n) is 7.71. The third-order valence-electron chi connectivity index (χ3n) is 4.37. The molecule has 1 saturated heterocycles. The van der Waals surface area contributed by atoms with Gasteiger partial charge in [-0.15, -0.1) is 0 Å². The van der Waals surface area contributed by atoms with E-state index in [0.29, 0.717) is 22.8 Å². The lowest BCUT2D eigenvalue weighted by Crippen LogP contribution is -2.33. The molecular weight excluding hydrogens is 264 g/mol. The average molecular weight is 290 g/mol.